The molecule has 1 aromatic carbocycles. The zero-order valence-corrected chi connectivity index (χ0v) is 19.4. The van der Waals surface area contributed by atoms with Crippen LogP contribution in [0, 0.1) is 11.3 Å². The summed E-state index contributed by atoms with van der Waals surface area (Å²) < 4.78 is 10.9. The van der Waals surface area contributed by atoms with Crippen LogP contribution in [-0.4, -0.2) is 43.1 Å². The van der Waals surface area contributed by atoms with Gasteiger partial charge < -0.3 is 14.8 Å². The summed E-state index contributed by atoms with van der Waals surface area (Å²) >= 11 is 0. The smallest absolute Gasteiger partial charge is 0.225 e. The molecule has 0 radical (unpaired) electrons. The molecule has 1 aliphatic rings. The Kier molecular flexibility index (Phi) is 7.55. The standard InChI is InChI=1S/C25H35N3O3/c1-25(2,3)24(29)27-23(21-8-6-7-13-26-21)18-11-14-28(15-12-18)17-19-9-10-20(30-4)16-22(19)31-5/h6-10,13,16,18,23H,11-12,14-15,17H2,1-5H3,(H,27,29). The lowest BCUT2D eigenvalue weighted by atomic mass is 9.85. The number of carbonyl (C=O) groups excluding carboxylic acids is 1. The summed E-state index contributed by atoms with van der Waals surface area (Å²) in [5.41, 5.74) is 1.66. The number of hydrogen-bond donors (Lipinski definition) is 1. The van der Waals surface area contributed by atoms with Crippen molar-refractivity contribution in [3.8, 4) is 11.5 Å². The molecule has 6 heteroatoms. The van der Waals surface area contributed by atoms with E-state index in [0.717, 1.165) is 55.2 Å². The van der Waals surface area contributed by atoms with E-state index in [2.05, 4.69) is 21.3 Å². The van der Waals surface area contributed by atoms with Gasteiger partial charge in [-0.2, -0.15) is 0 Å². The number of ether oxygens (including phenoxy) is 2. The van der Waals surface area contributed by atoms with Gasteiger partial charge in [0.1, 0.15) is 11.5 Å². The van der Waals surface area contributed by atoms with Crippen molar-refractivity contribution >= 4 is 5.91 Å². The molecule has 0 aliphatic carbocycles. The average Bonchev–Trinajstić information content (AvgIpc) is 2.78. The topological polar surface area (TPSA) is 63.7 Å². The van der Waals surface area contributed by atoms with E-state index in [9.17, 15) is 4.79 Å². The Labute approximate surface area is 186 Å². The zero-order valence-electron chi connectivity index (χ0n) is 19.4. The summed E-state index contributed by atoms with van der Waals surface area (Å²) in [7, 11) is 3.36. The van der Waals surface area contributed by atoms with Crippen LogP contribution >= 0.6 is 0 Å². The number of amides is 1. The summed E-state index contributed by atoms with van der Waals surface area (Å²) in [4.78, 5) is 19.8. The molecule has 1 aromatic heterocycles. The van der Waals surface area contributed by atoms with Crippen LogP contribution in [0.1, 0.15) is 50.9 Å². The number of piperidine rings is 1. The average molecular weight is 426 g/mol. The molecule has 0 spiro atoms. The molecular formula is C25H35N3O3. The van der Waals surface area contributed by atoms with Gasteiger partial charge in [-0.1, -0.05) is 32.9 Å². The molecule has 1 saturated heterocycles. The van der Waals surface area contributed by atoms with E-state index in [1.807, 2.05) is 51.1 Å². The largest absolute Gasteiger partial charge is 0.497 e. The molecule has 0 saturated carbocycles. The van der Waals surface area contributed by atoms with Crippen molar-refractivity contribution in [1.29, 1.82) is 0 Å². The van der Waals surface area contributed by atoms with Gasteiger partial charge in [-0.3, -0.25) is 14.7 Å². The Morgan fingerprint density at radius 1 is 1.16 bits per heavy atom. The molecule has 2 aromatic rings. The SMILES string of the molecule is COc1ccc(CN2CCC(C(NC(=O)C(C)(C)C)c3ccccn3)CC2)c(OC)c1. The molecule has 6 nitrogen and oxygen atoms in total. The molecule has 1 atom stereocenters. The quantitative estimate of drug-likeness (QED) is 0.720. The minimum absolute atomic E-state index is 0.0635. The molecule has 1 unspecified atom stereocenters. The highest BCUT2D eigenvalue weighted by Gasteiger charge is 2.32. The highest BCUT2D eigenvalue weighted by atomic mass is 16.5. The van der Waals surface area contributed by atoms with E-state index < -0.39 is 5.41 Å². The third kappa shape index (κ3) is 5.97. The van der Waals surface area contributed by atoms with Crippen molar-refractivity contribution in [3.05, 3.63) is 53.9 Å². The van der Waals surface area contributed by atoms with Crippen LogP contribution in [-0.2, 0) is 11.3 Å². The first-order valence-electron chi connectivity index (χ1n) is 11.0. The lowest BCUT2D eigenvalue weighted by Crippen LogP contribution is -2.44. The van der Waals surface area contributed by atoms with Gasteiger partial charge >= 0.3 is 0 Å². The van der Waals surface area contributed by atoms with Crippen LogP contribution in [0.3, 0.4) is 0 Å². The monoisotopic (exact) mass is 425 g/mol. The lowest BCUT2D eigenvalue weighted by molar-refractivity contribution is -0.129. The molecule has 2 heterocycles. The fourth-order valence-electron chi connectivity index (χ4n) is 4.02. The number of methoxy groups -OCH3 is 2. The highest BCUT2D eigenvalue weighted by molar-refractivity contribution is 5.81. The maximum Gasteiger partial charge on any atom is 0.225 e. The van der Waals surface area contributed by atoms with Gasteiger partial charge in [0.05, 0.1) is 26.0 Å². The summed E-state index contributed by atoms with van der Waals surface area (Å²) in [6, 6.07) is 11.8. The number of benzene rings is 1. The summed E-state index contributed by atoms with van der Waals surface area (Å²) in [5.74, 6) is 2.07. The van der Waals surface area contributed by atoms with Gasteiger partial charge in [-0.15, -0.1) is 0 Å². The van der Waals surface area contributed by atoms with Crippen LogP contribution in [0.2, 0.25) is 0 Å². The van der Waals surface area contributed by atoms with Crippen LogP contribution < -0.4 is 14.8 Å². The van der Waals surface area contributed by atoms with Crippen LogP contribution in [0.15, 0.2) is 42.6 Å². The number of nitrogens with one attached hydrogen (secondary N) is 1. The Morgan fingerprint density at radius 2 is 1.90 bits per heavy atom. The fraction of sp³-hybridized carbons (Fsp3) is 0.520. The van der Waals surface area contributed by atoms with Gasteiger partial charge in [-0.25, -0.2) is 0 Å². The first-order chi connectivity index (χ1) is 14.8. The van der Waals surface area contributed by atoms with E-state index in [1.165, 1.54) is 0 Å². The summed E-state index contributed by atoms with van der Waals surface area (Å²) in [5, 5.41) is 3.28. The lowest BCUT2D eigenvalue weighted by Gasteiger charge is -2.37. The number of nitrogens with zero attached hydrogens (tertiary/aromatic N) is 2. The van der Waals surface area contributed by atoms with Gasteiger partial charge in [0.2, 0.25) is 5.91 Å². The fourth-order valence-corrected chi connectivity index (χ4v) is 4.02. The minimum Gasteiger partial charge on any atom is -0.497 e. The molecule has 1 aliphatic heterocycles. The highest BCUT2D eigenvalue weighted by Crippen LogP contribution is 2.33. The summed E-state index contributed by atoms with van der Waals surface area (Å²) in [6.07, 6.45) is 3.81. The number of aromatic nitrogens is 1. The number of hydrogen-bond acceptors (Lipinski definition) is 5. The molecule has 1 N–H and O–H groups in total. The van der Waals surface area contributed by atoms with Crippen molar-refractivity contribution in [2.24, 2.45) is 11.3 Å². The van der Waals surface area contributed by atoms with Crippen molar-refractivity contribution in [2.75, 3.05) is 27.3 Å². The Bertz CT molecular complexity index is 856. The maximum atomic E-state index is 12.7. The molecule has 0 bridgehead atoms. The normalized spacial score (nSPS) is 16.5. The predicted octanol–water partition coefficient (Wildman–Crippen LogP) is 4.21. The van der Waals surface area contributed by atoms with Gasteiger partial charge in [0.25, 0.3) is 0 Å². The molecule has 1 fully saturated rings. The molecule has 3 rings (SSSR count). The molecule has 1 amide bonds. The predicted molar refractivity (Wildman–Crippen MR) is 122 cm³/mol. The second-order valence-electron chi connectivity index (χ2n) is 9.25. The van der Waals surface area contributed by atoms with Gasteiger partial charge in [0, 0.05) is 29.8 Å². The van der Waals surface area contributed by atoms with Gasteiger partial charge in [-0.05, 0) is 50.0 Å². The Balaban J connectivity index is 1.67. The van der Waals surface area contributed by atoms with E-state index >= 15 is 0 Å². The maximum absolute atomic E-state index is 12.7. The van der Waals surface area contributed by atoms with Gasteiger partial charge in [0.15, 0.2) is 0 Å². The number of pyridine rings is 1. The number of carbonyl (C=O) groups is 1. The van der Waals surface area contributed by atoms with Crippen molar-refractivity contribution in [3.63, 3.8) is 0 Å². The third-order valence-electron chi connectivity index (χ3n) is 5.97. The first-order valence-corrected chi connectivity index (χ1v) is 11.0. The summed E-state index contributed by atoms with van der Waals surface area (Å²) in [6.45, 7) is 8.61. The Morgan fingerprint density at radius 3 is 2.48 bits per heavy atom. The first kappa shape index (κ1) is 23.1. The van der Waals surface area contributed by atoms with Crippen LogP contribution in [0.5, 0.6) is 11.5 Å². The Hall–Kier alpha value is -2.60. The number of likely N-dealkylation sites (tertiary alicyclic amines) is 1. The van der Waals surface area contributed by atoms with E-state index in [4.69, 9.17) is 9.47 Å². The third-order valence-corrected chi connectivity index (χ3v) is 5.97. The van der Waals surface area contributed by atoms with Crippen LogP contribution in [0.4, 0.5) is 0 Å². The molecular weight excluding hydrogens is 390 g/mol. The number of rotatable bonds is 7. The van der Waals surface area contributed by atoms with Crippen molar-refractivity contribution in [1.82, 2.24) is 15.2 Å². The molecule has 31 heavy (non-hydrogen) atoms. The van der Waals surface area contributed by atoms with E-state index in [1.54, 1.807) is 20.4 Å². The van der Waals surface area contributed by atoms with E-state index in [-0.39, 0.29) is 11.9 Å². The molecule has 168 valence electrons. The minimum atomic E-state index is -0.432. The zero-order chi connectivity index (χ0) is 22.4. The second-order valence-corrected chi connectivity index (χ2v) is 9.25. The van der Waals surface area contributed by atoms with Crippen molar-refractivity contribution in [2.45, 2.75) is 46.2 Å². The van der Waals surface area contributed by atoms with E-state index in [0.29, 0.717) is 5.92 Å². The van der Waals surface area contributed by atoms with Crippen LogP contribution in [0.25, 0.3) is 0 Å². The second kappa shape index (κ2) is 10.1. The van der Waals surface area contributed by atoms with Crippen molar-refractivity contribution < 1.29 is 14.3 Å².